The summed E-state index contributed by atoms with van der Waals surface area (Å²) in [6, 6.07) is 23.7. The van der Waals surface area contributed by atoms with Crippen molar-refractivity contribution in [3.05, 3.63) is 140 Å². The highest BCUT2D eigenvalue weighted by Gasteiger charge is 2.47. The fraction of sp³-hybridized carbons (Fsp3) is 0.462. The number of nitrogens with zero attached hydrogens (tertiary/aromatic N) is 4. The summed E-state index contributed by atoms with van der Waals surface area (Å²) in [6.07, 6.45) is -1.11. The Balaban J connectivity index is 1.48. The van der Waals surface area contributed by atoms with E-state index in [1.807, 2.05) is 60.7 Å². The standard InChI is InChI=1S/C52H64N6O12/c1-31(2)43(53-49(61)69-51(5,6)7)47(59)67-29-39-27-35-25-37(57(63)64)21-23-41(35)55(39)45(33-17-13-11-14-18-33)46(34-19-15-12-16-20-34)56-40(28-36-26-38(58(65)66)22-24-42(36)56)30-68-48(60)44(32(3)4)54-50(62)70-52(8,9)10/h11-26,31-32,39-40,43-46H,27-30H2,1-10H3,(H,53,61)(H,54,62)/t39-,40-,43-,44-,45?,46?/m0/s1. The molecule has 2 heterocycles. The zero-order chi connectivity index (χ0) is 51.2. The van der Waals surface area contributed by atoms with Gasteiger partial charge in [0.2, 0.25) is 0 Å². The second kappa shape index (κ2) is 21.6. The zero-order valence-electron chi connectivity index (χ0n) is 41.4. The topological polar surface area (TPSA) is 222 Å². The van der Waals surface area contributed by atoms with Crippen molar-refractivity contribution in [2.45, 2.75) is 130 Å². The van der Waals surface area contributed by atoms with Crippen LogP contribution in [0.3, 0.4) is 0 Å². The van der Waals surface area contributed by atoms with Crippen LogP contribution in [0.2, 0.25) is 0 Å². The Morgan fingerprint density at radius 2 is 0.929 bits per heavy atom. The largest absolute Gasteiger partial charge is 0.462 e. The van der Waals surface area contributed by atoms with Crippen LogP contribution in [0.1, 0.15) is 104 Å². The molecular weight excluding hydrogens is 901 g/mol. The highest BCUT2D eigenvalue weighted by Crippen LogP contribution is 2.51. The number of nitrogens with one attached hydrogen (secondary N) is 2. The molecular formula is C52H64N6O12. The summed E-state index contributed by atoms with van der Waals surface area (Å²) in [4.78, 5) is 81.6. The number of non-ortho nitro benzene ring substituents is 2. The molecule has 6 atom stereocenters. The van der Waals surface area contributed by atoms with Crippen molar-refractivity contribution >= 4 is 46.9 Å². The van der Waals surface area contributed by atoms with E-state index in [9.17, 15) is 39.4 Å². The van der Waals surface area contributed by atoms with Gasteiger partial charge in [-0.1, -0.05) is 88.4 Å². The van der Waals surface area contributed by atoms with Crippen molar-refractivity contribution in [3.8, 4) is 0 Å². The van der Waals surface area contributed by atoms with E-state index >= 15 is 0 Å². The maximum Gasteiger partial charge on any atom is 0.408 e. The Bertz CT molecular complexity index is 2370. The molecule has 4 aromatic rings. The predicted molar refractivity (Wildman–Crippen MR) is 262 cm³/mol. The summed E-state index contributed by atoms with van der Waals surface area (Å²) in [5, 5.41) is 29.7. The molecule has 0 saturated carbocycles. The van der Waals surface area contributed by atoms with Gasteiger partial charge >= 0.3 is 24.1 Å². The molecule has 0 radical (unpaired) electrons. The molecule has 0 fully saturated rings. The molecule has 2 aliphatic rings. The lowest BCUT2D eigenvalue weighted by atomic mass is 9.89. The van der Waals surface area contributed by atoms with Crippen LogP contribution in [0.5, 0.6) is 0 Å². The number of anilines is 2. The van der Waals surface area contributed by atoms with Gasteiger partial charge in [0.15, 0.2) is 0 Å². The van der Waals surface area contributed by atoms with Crippen LogP contribution in [0.15, 0.2) is 97.1 Å². The number of nitro benzene ring substituents is 2. The lowest BCUT2D eigenvalue weighted by molar-refractivity contribution is -0.385. The zero-order valence-corrected chi connectivity index (χ0v) is 41.4. The van der Waals surface area contributed by atoms with Gasteiger partial charge in [-0.3, -0.25) is 20.2 Å². The fourth-order valence-corrected chi connectivity index (χ4v) is 9.02. The third-order valence-corrected chi connectivity index (χ3v) is 12.0. The third kappa shape index (κ3) is 12.7. The summed E-state index contributed by atoms with van der Waals surface area (Å²) in [5.41, 5.74) is 2.29. The Morgan fingerprint density at radius 1 is 0.586 bits per heavy atom. The van der Waals surface area contributed by atoms with Crippen molar-refractivity contribution < 1.29 is 48.0 Å². The van der Waals surface area contributed by atoms with Gasteiger partial charge in [-0.15, -0.1) is 0 Å². The number of benzene rings is 4. The van der Waals surface area contributed by atoms with E-state index in [4.69, 9.17) is 18.9 Å². The molecule has 0 bridgehead atoms. The Morgan fingerprint density at radius 3 is 1.23 bits per heavy atom. The number of rotatable bonds is 17. The number of esters is 2. The molecule has 0 spiro atoms. The minimum atomic E-state index is -1.07. The average molecular weight is 965 g/mol. The molecule has 4 aromatic carbocycles. The molecule has 70 heavy (non-hydrogen) atoms. The van der Waals surface area contributed by atoms with E-state index in [2.05, 4.69) is 20.4 Å². The molecule has 2 aliphatic heterocycles. The summed E-state index contributed by atoms with van der Waals surface area (Å²) in [5.74, 6) is -2.17. The van der Waals surface area contributed by atoms with Crippen LogP contribution in [0.25, 0.3) is 0 Å². The first-order chi connectivity index (χ1) is 32.9. The van der Waals surface area contributed by atoms with Gasteiger partial charge in [-0.25, -0.2) is 19.2 Å². The van der Waals surface area contributed by atoms with E-state index in [1.54, 1.807) is 81.4 Å². The van der Waals surface area contributed by atoms with Crippen LogP contribution in [-0.2, 0) is 41.4 Å². The molecule has 2 unspecified atom stereocenters. The van der Waals surface area contributed by atoms with Crippen molar-refractivity contribution in [2.75, 3.05) is 23.0 Å². The predicted octanol–water partition coefficient (Wildman–Crippen LogP) is 9.33. The quantitative estimate of drug-likeness (QED) is 0.0436. The smallest absolute Gasteiger partial charge is 0.408 e. The highest BCUT2D eigenvalue weighted by molar-refractivity contribution is 5.83. The lowest BCUT2D eigenvalue weighted by Gasteiger charge is -2.46. The lowest BCUT2D eigenvalue weighted by Crippen LogP contribution is -2.51. The van der Waals surface area contributed by atoms with E-state index in [0.29, 0.717) is 22.5 Å². The van der Waals surface area contributed by atoms with Gasteiger partial charge in [0.25, 0.3) is 11.4 Å². The third-order valence-electron chi connectivity index (χ3n) is 12.0. The van der Waals surface area contributed by atoms with Crippen LogP contribution in [0.4, 0.5) is 32.3 Å². The van der Waals surface area contributed by atoms with Crippen LogP contribution >= 0.6 is 0 Å². The van der Waals surface area contributed by atoms with Crippen LogP contribution < -0.4 is 20.4 Å². The maximum absolute atomic E-state index is 14.0. The summed E-state index contributed by atoms with van der Waals surface area (Å²) < 4.78 is 23.2. The second-order valence-electron chi connectivity index (χ2n) is 20.4. The Labute approximate surface area is 408 Å². The van der Waals surface area contributed by atoms with E-state index in [1.165, 1.54) is 24.3 Å². The van der Waals surface area contributed by atoms with Gasteiger partial charge < -0.3 is 39.4 Å². The monoisotopic (exact) mass is 964 g/mol. The minimum Gasteiger partial charge on any atom is -0.462 e. The van der Waals surface area contributed by atoms with Crippen LogP contribution in [-0.4, -0.2) is 82.6 Å². The van der Waals surface area contributed by atoms with Crippen molar-refractivity contribution in [2.24, 2.45) is 11.8 Å². The van der Waals surface area contributed by atoms with E-state index < -0.39 is 81.4 Å². The average Bonchev–Trinajstić information content (AvgIpc) is 3.83. The van der Waals surface area contributed by atoms with Crippen molar-refractivity contribution in [1.82, 2.24) is 10.6 Å². The number of ether oxygens (including phenoxy) is 4. The molecule has 2 N–H and O–H groups in total. The first kappa shape index (κ1) is 52.1. The fourth-order valence-electron chi connectivity index (χ4n) is 9.02. The van der Waals surface area contributed by atoms with Gasteiger partial charge in [0, 0.05) is 35.6 Å². The first-order valence-corrected chi connectivity index (χ1v) is 23.5. The van der Waals surface area contributed by atoms with Gasteiger partial charge in [-0.2, -0.15) is 0 Å². The van der Waals surface area contributed by atoms with Gasteiger partial charge in [0.05, 0.1) is 34.0 Å². The van der Waals surface area contributed by atoms with Gasteiger partial charge in [0.1, 0.15) is 36.5 Å². The number of carbonyl (C=O) groups excluding carboxylic acids is 4. The Hall–Kier alpha value is -7.24. The van der Waals surface area contributed by atoms with E-state index in [0.717, 1.165) is 11.1 Å². The molecule has 374 valence electrons. The number of carbonyl (C=O) groups is 4. The van der Waals surface area contributed by atoms with Gasteiger partial charge in [-0.05, 0) is 101 Å². The van der Waals surface area contributed by atoms with Crippen molar-refractivity contribution in [3.63, 3.8) is 0 Å². The van der Waals surface area contributed by atoms with Crippen LogP contribution in [0, 0.1) is 32.1 Å². The highest BCUT2D eigenvalue weighted by atomic mass is 16.6. The van der Waals surface area contributed by atoms with E-state index in [-0.39, 0.29) is 49.3 Å². The number of amides is 2. The summed E-state index contributed by atoms with van der Waals surface area (Å²) in [6.45, 7) is 17.0. The normalized spacial score (nSPS) is 17.1. The molecule has 2 amide bonds. The summed E-state index contributed by atoms with van der Waals surface area (Å²) in [7, 11) is 0. The SMILES string of the molecule is CC(C)[C@H](NC(=O)OC(C)(C)C)C(=O)OC[C@@H]1Cc2cc([N+](=O)[O-])ccc2N1C(c1ccccc1)C(c1ccccc1)N1c2ccc([N+](=O)[O-])cc2C[C@H]1COC(=O)[C@@H](NC(=O)OC(C)(C)C)C(C)C. The first-order valence-electron chi connectivity index (χ1n) is 23.5. The van der Waals surface area contributed by atoms with Crippen molar-refractivity contribution in [1.29, 1.82) is 0 Å². The molecule has 18 heteroatoms. The summed E-state index contributed by atoms with van der Waals surface area (Å²) >= 11 is 0. The number of fused-ring (bicyclic) bond motifs is 2. The number of alkyl carbamates (subject to hydrolysis) is 2. The molecule has 0 aromatic heterocycles. The number of nitro groups is 2. The number of hydrogen-bond donors (Lipinski definition) is 2. The molecule has 0 saturated heterocycles. The number of hydrogen-bond acceptors (Lipinski definition) is 14. The second-order valence-corrected chi connectivity index (χ2v) is 20.4. The Kier molecular flexibility index (Phi) is 16.1. The maximum atomic E-state index is 14.0. The minimum absolute atomic E-state index is 0.119. The molecule has 18 nitrogen and oxygen atoms in total. The molecule has 6 rings (SSSR count). The molecule has 0 aliphatic carbocycles.